The Bertz CT molecular complexity index is 622. The molecule has 0 aliphatic carbocycles. The van der Waals surface area contributed by atoms with E-state index in [-0.39, 0.29) is 18.0 Å². The fraction of sp³-hybridized carbons (Fsp3) is 0.235. The Kier molecular flexibility index (Phi) is 4.91. The van der Waals surface area contributed by atoms with Gasteiger partial charge in [0.25, 0.3) is 0 Å². The molecule has 2 aromatic carbocycles. The maximum atomic E-state index is 13.1. The summed E-state index contributed by atoms with van der Waals surface area (Å²) in [4.78, 5) is 12.0. The van der Waals surface area contributed by atoms with Crippen LogP contribution in [0.15, 0.2) is 42.5 Å². The standard InChI is InChI=1S/C17H16ClFO/c1-12-4-2-3-5-13(12)6-8-16(20)11-14-10-15(19)7-9-17(14)18/h2-5,7,9-10H,6,8,11H2,1H3. The average molecular weight is 291 g/mol. The van der Waals surface area contributed by atoms with E-state index in [4.69, 9.17) is 11.6 Å². The fourth-order valence-corrected chi connectivity index (χ4v) is 2.33. The normalized spacial score (nSPS) is 10.6. The Morgan fingerprint density at radius 1 is 1.15 bits per heavy atom. The molecule has 0 unspecified atom stereocenters. The minimum Gasteiger partial charge on any atom is -0.299 e. The first kappa shape index (κ1) is 14.7. The molecule has 0 aliphatic heterocycles. The van der Waals surface area contributed by atoms with E-state index < -0.39 is 0 Å². The van der Waals surface area contributed by atoms with Gasteiger partial charge in [-0.15, -0.1) is 0 Å². The van der Waals surface area contributed by atoms with Crippen molar-refractivity contribution >= 4 is 17.4 Å². The van der Waals surface area contributed by atoms with Gasteiger partial charge in [-0.3, -0.25) is 4.79 Å². The number of ketones is 1. The Labute approximate surface area is 123 Å². The SMILES string of the molecule is Cc1ccccc1CCC(=O)Cc1cc(F)ccc1Cl. The van der Waals surface area contributed by atoms with Gasteiger partial charge in [-0.1, -0.05) is 35.9 Å². The lowest BCUT2D eigenvalue weighted by Crippen LogP contribution is -2.05. The van der Waals surface area contributed by atoms with Gasteiger partial charge >= 0.3 is 0 Å². The van der Waals surface area contributed by atoms with Crippen molar-refractivity contribution in [1.82, 2.24) is 0 Å². The van der Waals surface area contributed by atoms with Crippen LogP contribution in [-0.4, -0.2) is 5.78 Å². The second-order valence-corrected chi connectivity index (χ2v) is 5.28. The molecule has 0 bridgehead atoms. The molecule has 104 valence electrons. The maximum Gasteiger partial charge on any atom is 0.137 e. The molecular formula is C17H16ClFO. The average Bonchev–Trinajstić information content (AvgIpc) is 2.42. The summed E-state index contributed by atoms with van der Waals surface area (Å²) in [5.41, 5.74) is 2.91. The van der Waals surface area contributed by atoms with Crippen molar-refractivity contribution in [1.29, 1.82) is 0 Å². The molecule has 0 spiro atoms. The van der Waals surface area contributed by atoms with Crippen molar-refractivity contribution in [3.63, 3.8) is 0 Å². The monoisotopic (exact) mass is 290 g/mol. The lowest BCUT2D eigenvalue weighted by Gasteiger charge is -2.06. The van der Waals surface area contributed by atoms with Crippen LogP contribution >= 0.6 is 11.6 Å². The number of carbonyl (C=O) groups is 1. The summed E-state index contributed by atoms with van der Waals surface area (Å²) in [5, 5.41) is 0.440. The molecule has 3 heteroatoms. The van der Waals surface area contributed by atoms with Crippen LogP contribution in [0, 0.1) is 12.7 Å². The van der Waals surface area contributed by atoms with Crippen LogP contribution in [0.4, 0.5) is 4.39 Å². The highest BCUT2D eigenvalue weighted by Gasteiger charge is 2.09. The zero-order valence-electron chi connectivity index (χ0n) is 11.3. The zero-order chi connectivity index (χ0) is 14.5. The minimum atomic E-state index is -0.365. The lowest BCUT2D eigenvalue weighted by molar-refractivity contribution is -0.118. The van der Waals surface area contributed by atoms with Crippen molar-refractivity contribution < 1.29 is 9.18 Å². The van der Waals surface area contributed by atoms with Crippen LogP contribution in [0.25, 0.3) is 0 Å². The molecular weight excluding hydrogens is 275 g/mol. The smallest absolute Gasteiger partial charge is 0.137 e. The molecule has 0 N–H and O–H groups in total. The predicted octanol–water partition coefficient (Wildman–Crippen LogP) is 4.53. The molecule has 20 heavy (non-hydrogen) atoms. The van der Waals surface area contributed by atoms with Crippen LogP contribution in [0.5, 0.6) is 0 Å². The number of hydrogen-bond donors (Lipinski definition) is 0. The van der Waals surface area contributed by atoms with Crippen LogP contribution in [0.2, 0.25) is 5.02 Å². The van der Waals surface area contributed by atoms with Gasteiger partial charge in [-0.05, 0) is 48.2 Å². The van der Waals surface area contributed by atoms with E-state index in [1.54, 1.807) is 0 Å². The topological polar surface area (TPSA) is 17.1 Å². The molecule has 2 rings (SSSR count). The van der Waals surface area contributed by atoms with E-state index in [0.29, 0.717) is 23.4 Å². The maximum absolute atomic E-state index is 13.1. The highest BCUT2D eigenvalue weighted by Crippen LogP contribution is 2.19. The Morgan fingerprint density at radius 3 is 2.65 bits per heavy atom. The van der Waals surface area contributed by atoms with Gasteiger partial charge in [0.1, 0.15) is 11.6 Å². The van der Waals surface area contributed by atoms with E-state index in [2.05, 4.69) is 0 Å². The largest absolute Gasteiger partial charge is 0.299 e. The molecule has 0 aliphatic rings. The quantitative estimate of drug-likeness (QED) is 0.790. The van der Waals surface area contributed by atoms with Gasteiger partial charge < -0.3 is 0 Å². The first-order chi connectivity index (χ1) is 9.56. The predicted molar refractivity (Wildman–Crippen MR) is 79.6 cm³/mol. The molecule has 0 heterocycles. The van der Waals surface area contributed by atoms with E-state index in [0.717, 1.165) is 0 Å². The van der Waals surface area contributed by atoms with Crippen molar-refractivity contribution in [2.24, 2.45) is 0 Å². The molecule has 0 saturated carbocycles. The first-order valence-electron chi connectivity index (χ1n) is 6.56. The molecule has 1 nitrogen and oxygen atoms in total. The second-order valence-electron chi connectivity index (χ2n) is 4.88. The number of halogens is 2. The van der Waals surface area contributed by atoms with Gasteiger partial charge in [0.15, 0.2) is 0 Å². The van der Waals surface area contributed by atoms with Crippen molar-refractivity contribution in [2.45, 2.75) is 26.2 Å². The summed E-state index contributed by atoms with van der Waals surface area (Å²) in [6.07, 6.45) is 1.33. The summed E-state index contributed by atoms with van der Waals surface area (Å²) >= 11 is 5.96. The molecule has 0 radical (unpaired) electrons. The summed E-state index contributed by atoms with van der Waals surface area (Å²) in [6, 6.07) is 12.1. The summed E-state index contributed by atoms with van der Waals surface area (Å²) < 4.78 is 13.1. The van der Waals surface area contributed by atoms with Crippen LogP contribution in [0.3, 0.4) is 0 Å². The first-order valence-corrected chi connectivity index (χ1v) is 6.94. The Hall–Kier alpha value is -1.67. The van der Waals surface area contributed by atoms with Gasteiger partial charge in [0, 0.05) is 17.9 Å². The molecule has 0 fully saturated rings. The Balaban J connectivity index is 1.96. The number of benzene rings is 2. The van der Waals surface area contributed by atoms with Gasteiger partial charge in [0.05, 0.1) is 0 Å². The third kappa shape index (κ3) is 3.91. The van der Waals surface area contributed by atoms with Crippen LogP contribution < -0.4 is 0 Å². The molecule has 0 saturated heterocycles. The highest BCUT2D eigenvalue weighted by molar-refractivity contribution is 6.31. The van der Waals surface area contributed by atoms with E-state index in [1.807, 2.05) is 31.2 Å². The van der Waals surface area contributed by atoms with Gasteiger partial charge in [0.2, 0.25) is 0 Å². The van der Waals surface area contributed by atoms with E-state index in [9.17, 15) is 9.18 Å². The number of Topliss-reactive ketones (excluding diaryl/α,β-unsaturated/α-hetero) is 1. The summed E-state index contributed by atoms with van der Waals surface area (Å²) in [5.74, 6) is -0.295. The van der Waals surface area contributed by atoms with Crippen molar-refractivity contribution in [2.75, 3.05) is 0 Å². The van der Waals surface area contributed by atoms with E-state index in [1.165, 1.54) is 29.3 Å². The van der Waals surface area contributed by atoms with Gasteiger partial charge in [-0.25, -0.2) is 4.39 Å². The third-order valence-electron chi connectivity index (χ3n) is 3.33. The van der Waals surface area contributed by atoms with Crippen LogP contribution in [-0.2, 0) is 17.6 Å². The van der Waals surface area contributed by atoms with Crippen molar-refractivity contribution in [3.8, 4) is 0 Å². The minimum absolute atomic E-state index is 0.0701. The second kappa shape index (κ2) is 6.67. The lowest BCUT2D eigenvalue weighted by atomic mass is 10.00. The fourth-order valence-electron chi connectivity index (χ4n) is 2.14. The molecule has 2 aromatic rings. The Morgan fingerprint density at radius 2 is 1.90 bits per heavy atom. The zero-order valence-corrected chi connectivity index (χ0v) is 12.1. The number of rotatable bonds is 5. The number of carbonyl (C=O) groups excluding carboxylic acids is 1. The van der Waals surface area contributed by atoms with Crippen LogP contribution in [0.1, 0.15) is 23.1 Å². The number of aryl methyl sites for hydroxylation is 2. The molecule has 0 amide bonds. The summed E-state index contributed by atoms with van der Waals surface area (Å²) in [7, 11) is 0. The highest BCUT2D eigenvalue weighted by atomic mass is 35.5. The summed E-state index contributed by atoms with van der Waals surface area (Å²) in [6.45, 7) is 2.03. The van der Waals surface area contributed by atoms with E-state index >= 15 is 0 Å². The molecule has 0 aromatic heterocycles. The van der Waals surface area contributed by atoms with Crippen molar-refractivity contribution in [3.05, 3.63) is 70.0 Å². The number of hydrogen-bond acceptors (Lipinski definition) is 1. The molecule has 0 atom stereocenters. The third-order valence-corrected chi connectivity index (χ3v) is 3.70. The van der Waals surface area contributed by atoms with Gasteiger partial charge in [-0.2, -0.15) is 0 Å².